The number of aromatic nitrogens is 1. The van der Waals surface area contributed by atoms with E-state index in [0.717, 1.165) is 17.7 Å². The molecule has 1 heterocycles. The molecule has 0 amide bonds. The van der Waals surface area contributed by atoms with Crippen LogP contribution in [0.1, 0.15) is 17.7 Å². The molecule has 0 radical (unpaired) electrons. The molecule has 4 N–H and O–H groups in total. The summed E-state index contributed by atoms with van der Waals surface area (Å²) in [4.78, 5) is 4.19. The molecule has 1 aromatic rings. The second kappa shape index (κ2) is 4.62. The maximum absolute atomic E-state index is 5.56. The van der Waals surface area contributed by atoms with Crippen LogP contribution in [-0.2, 0) is 0 Å². The van der Waals surface area contributed by atoms with Crippen molar-refractivity contribution in [3.8, 4) is 0 Å². The Morgan fingerprint density at radius 3 is 2.92 bits per heavy atom. The van der Waals surface area contributed by atoms with Crippen molar-refractivity contribution in [3.05, 3.63) is 29.5 Å². The lowest BCUT2D eigenvalue weighted by Crippen LogP contribution is -1.96. The highest BCUT2D eigenvalue weighted by Crippen LogP contribution is 2.09. The minimum atomic E-state index is 0.554. The summed E-state index contributed by atoms with van der Waals surface area (Å²) in [5.74, 6) is 0.554. The van der Waals surface area contributed by atoms with E-state index in [-0.39, 0.29) is 0 Å². The molecule has 3 nitrogen and oxygen atoms in total. The number of hydrogen-bond donors (Lipinski definition) is 2. The third kappa shape index (κ3) is 2.87. The van der Waals surface area contributed by atoms with Gasteiger partial charge in [0.2, 0.25) is 0 Å². The van der Waals surface area contributed by atoms with Crippen LogP contribution in [0.5, 0.6) is 0 Å². The second-order valence-corrected chi connectivity index (χ2v) is 2.92. The lowest BCUT2D eigenvalue weighted by Gasteiger charge is -1.99. The van der Waals surface area contributed by atoms with E-state index in [1.165, 1.54) is 0 Å². The number of nitrogens with zero attached hydrogens (tertiary/aromatic N) is 1. The Morgan fingerprint density at radius 2 is 2.23 bits per heavy atom. The van der Waals surface area contributed by atoms with Crippen LogP contribution in [-0.4, -0.2) is 11.5 Å². The van der Waals surface area contributed by atoms with Gasteiger partial charge in [0.1, 0.15) is 5.82 Å². The first-order valence-corrected chi connectivity index (χ1v) is 4.34. The molecule has 0 spiro atoms. The summed E-state index contributed by atoms with van der Waals surface area (Å²) in [6.45, 7) is 2.67. The lowest BCUT2D eigenvalue weighted by molar-refractivity contribution is 1.01. The van der Waals surface area contributed by atoms with E-state index in [9.17, 15) is 0 Å². The van der Waals surface area contributed by atoms with Crippen LogP contribution in [0, 0.1) is 6.92 Å². The van der Waals surface area contributed by atoms with Gasteiger partial charge in [0.15, 0.2) is 0 Å². The van der Waals surface area contributed by atoms with Crippen molar-refractivity contribution in [2.75, 3.05) is 12.3 Å². The number of hydrogen-bond acceptors (Lipinski definition) is 3. The molecule has 0 bridgehead atoms. The summed E-state index contributed by atoms with van der Waals surface area (Å²) >= 11 is 0. The van der Waals surface area contributed by atoms with Crippen LogP contribution in [0.4, 0.5) is 5.82 Å². The number of nitrogens with two attached hydrogens (primary N) is 2. The highest BCUT2D eigenvalue weighted by molar-refractivity contribution is 5.51. The highest BCUT2D eigenvalue weighted by atomic mass is 14.8. The maximum atomic E-state index is 5.56. The van der Waals surface area contributed by atoms with Crippen molar-refractivity contribution in [2.45, 2.75) is 13.3 Å². The Bertz CT molecular complexity index is 305. The molecular formula is C10H15N3. The van der Waals surface area contributed by atoms with Crippen LogP contribution in [0.15, 0.2) is 18.2 Å². The van der Waals surface area contributed by atoms with Crippen LogP contribution in [0.2, 0.25) is 0 Å². The van der Waals surface area contributed by atoms with Crippen molar-refractivity contribution < 1.29 is 0 Å². The largest absolute Gasteiger partial charge is 0.384 e. The molecule has 0 aliphatic carbocycles. The summed E-state index contributed by atoms with van der Waals surface area (Å²) < 4.78 is 0. The van der Waals surface area contributed by atoms with Crippen molar-refractivity contribution in [3.63, 3.8) is 0 Å². The van der Waals surface area contributed by atoms with Gasteiger partial charge >= 0.3 is 0 Å². The van der Waals surface area contributed by atoms with E-state index in [1.807, 2.05) is 25.1 Å². The van der Waals surface area contributed by atoms with Gasteiger partial charge in [-0.15, -0.1) is 0 Å². The summed E-state index contributed by atoms with van der Waals surface area (Å²) in [5.41, 5.74) is 13.0. The van der Waals surface area contributed by atoms with Gasteiger partial charge in [0.05, 0.1) is 5.69 Å². The summed E-state index contributed by atoms with van der Waals surface area (Å²) in [7, 11) is 0. The average Bonchev–Trinajstić information content (AvgIpc) is 2.11. The Balaban J connectivity index is 2.81. The fourth-order valence-corrected chi connectivity index (χ4v) is 1.02. The zero-order chi connectivity index (χ0) is 9.68. The van der Waals surface area contributed by atoms with E-state index in [2.05, 4.69) is 4.98 Å². The zero-order valence-electron chi connectivity index (χ0n) is 7.83. The normalized spacial score (nSPS) is 10.9. The molecule has 0 fully saturated rings. The maximum Gasteiger partial charge on any atom is 0.124 e. The molecule has 1 aromatic heterocycles. The van der Waals surface area contributed by atoms with Crippen molar-refractivity contribution in [1.82, 2.24) is 4.98 Å². The molecule has 70 valence electrons. The smallest absolute Gasteiger partial charge is 0.124 e. The zero-order valence-corrected chi connectivity index (χ0v) is 7.83. The van der Waals surface area contributed by atoms with Gasteiger partial charge in [0.25, 0.3) is 0 Å². The quantitative estimate of drug-likeness (QED) is 0.732. The molecule has 1 rings (SSSR count). The number of aryl methyl sites for hydroxylation is 1. The van der Waals surface area contributed by atoms with Gasteiger partial charge in [0, 0.05) is 0 Å². The average molecular weight is 177 g/mol. The predicted molar refractivity (Wildman–Crippen MR) is 56.1 cm³/mol. The molecule has 0 aromatic carbocycles. The first-order chi connectivity index (χ1) is 6.24. The van der Waals surface area contributed by atoms with Crippen LogP contribution >= 0.6 is 0 Å². The van der Waals surface area contributed by atoms with Gasteiger partial charge in [-0.3, -0.25) is 0 Å². The lowest BCUT2D eigenvalue weighted by atomic mass is 10.2. The monoisotopic (exact) mass is 177 g/mol. The third-order valence-corrected chi connectivity index (χ3v) is 1.77. The highest BCUT2D eigenvalue weighted by Gasteiger charge is 1.95. The number of anilines is 1. The third-order valence-electron chi connectivity index (χ3n) is 1.77. The van der Waals surface area contributed by atoms with Crippen LogP contribution in [0.3, 0.4) is 0 Å². The molecule has 0 atom stereocenters. The van der Waals surface area contributed by atoms with E-state index >= 15 is 0 Å². The summed E-state index contributed by atoms with van der Waals surface area (Å²) in [6, 6.07) is 3.76. The molecule has 0 saturated carbocycles. The standard InChI is InChI=1S/C10H15N3/c1-8-5-6-10(12)13-9(8)4-2-3-7-11/h2,4-6H,3,7,11H2,1H3,(H2,12,13). The molecule has 0 saturated heterocycles. The van der Waals surface area contributed by atoms with Crippen molar-refractivity contribution >= 4 is 11.9 Å². The van der Waals surface area contributed by atoms with Crippen LogP contribution in [0.25, 0.3) is 6.08 Å². The summed E-state index contributed by atoms with van der Waals surface area (Å²) in [5, 5.41) is 0. The van der Waals surface area contributed by atoms with Gasteiger partial charge in [-0.25, -0.2) is 4.98 Å². The van der Waals surface area contributed by atoms with Crippen molar-refractivity contribution in [2.24, 2.45) is 5.73 Å². The topological polar surface area (TPSA) is 64.9 Å². The fraction of sp³-hybridized carbons (Fsp3) is 0.300. The van der Waals surface area contributed by atoms with Crippen molar-refractivity contribution in [1.29, 1.82) is 0 Å². The van der Waals surface area contributed by atoms with Crippen LogP contribution < -0.4 is 11.5 Å². The number of pyridine rings is 1. The molecule has 0 aliphatic rings. The van der Waals surface area contributed by atoms with E-state index in [0.29, 0.717) is 12.4 Å². The van der Waals surface area contributed by atoms with Gasteiger partial charge in [-0.2, -0.15) is 0 Å². The predicted octanol–water partition coefficient (Wildman–Crippen LogP) is 1.33. The molecule has 13 heavy (non-hydrogen) atoms. The van der Waals surface area contributed by atoms with Gasteiger partial charge in [-0.1, -0.05) is 12.1 Å². The van der Waals surface area contributed by atoms with Gasteiger partial charge in [-0.05, 0) is 37.6 Å². The first kappa shape index (κ1) is 9.74. The Morgan fingerprint density at radius 1 is 1.46 bits per heavy atom. The van der Waals surface area contributed by atoms with E-state index < -0.39 is 0 Å². The SMILES string of the molecule is Cc1ccc(N)nc1C=CCCN. The first-order valence-electron chi connectivity index (χ1n) is 4.34. The summed E-state index contributed by atoms with van der Waals surface area (Å²) in [6.07, 6.45) is 4.84. The Labute approximate surface area is 78.5 Å². The van der Waals surface area contributed by atoms with E-state index in [1.54, 1.807) is 6.07 Å². The second-order valence-electron chi connectivity index (χ2n) is 2.92. The molecular weight excluding hydrogens is 162 g/mol. The minimum Gasteiger partial charge on any atom is -0.384 e. The van der Waals surface area contributed by atoms with Gasteiger partial charge < -0.3 is 11.5 Å². The van der Waals surface area contributed by atoms with E-state index in [4.69, 9.17) is 11.5 Å². The Kier molecular flexibility index (Phi) is 3.46. The minimum absolute atomic E-state index is 0.554. The number of rotatable bonds is 3. The Hall–Kier alpha value is -1.35. The molecule has 0 aliphatic heterocycles. The fourth-order valence-electron chi connectivity index (χ4n) is 1.02. The molecule has 3 heteroatoms. The number of nitrogen functional groups attached to an aromatic ring is 1. The molecule has 0 unspecified atom stereocenters.